The smallest absolute Gasteiger partial charge is 0.327 e. The summed E-state index contributed by atoms with van der Waals surface area (Å²) in [5.74, 6) is -3.86. The number of carbonyl (C=O) groups is 4. The molecule has 0 spiro atoms. The van der Waals surface area contributed by atoms with Crippen LogP contribution in [0.15, 0.2) is 30.3 Å². The normalized spacial score (nSPS) is 16.4. The third-order valence-corrected chi connectivity index (χ3v) is 5.65. The molecule has 0 aliphatic carbocycles. The van der Waals surface area contributed by atoms with Crippen LogP contribution in [0.3, 0.4) is 0 Å². The Kier molecular flexibility index (Phi) is 11.9. The van der Waals surface area contributed by atoms with Gasteiger partial charge in [0.05, 0.1) is 12.1 Å². The maximum atomic E-state index is 12.9. The molecule has 184 valence electrons. The van der Waals surface area contributed by atoms with Crippen molar-refractivity contribution < 1.29 is 29.4 Å². The van der Waals surface area contributed by atoms with E-state index in [4.69, 9.17) is 10.8 Å². The average Bonchev–Trinajstić information content (AvgIpc) is 2.78. The third kappa shape index (κ3) is 9.03. The molecule has 0 saturated heterocycles. The number of carboxylic acids is 1. The molecule has 1 aromatic rings. The largest absolute Gasteiger partial charge is 0.480 e. The predicted octanol–water partition coefficient (Wildman–Crippen LogP) is -0.548. The Hall–Kier alpha value is -2.63. The van der Waals surface area contributed by atoms with E-state index in [2.05, 4.69) is 28.6 Å². The van der Waals surface area contributed by atoms with Gasteiger partial charge in [-0.05, 0) is 24.8 Å². The van der Waals surface area contributed by atoms with Crippen LogP contribution >= 0.6 is 12.6 Å². The van der Waals surface area contributed by atoms with Crippen LogP contribution in [-0.4, -0.2) is 69.9 Å². The lowest BCUT2D eigenvalue weighted by atomic mass is 9.97. The van der Waals surface area contributed by atoms with E-state index in [0.29, 0.717) is 6.42 Å². The Morgan fingerprint density at radius 2 is 1.52 bits per heavy atom. The van der Waals surface area contributed by atoms with Crippen LogP contribution in [0, 0.1) is 5.92 Å². The van der Waals surface area contributed by atoms with Crippen LogP contribution in [0.5, 0.6) is 0 Å². The molecule has 0 aromatic heterocycles. The number of hydrogen-bond acceptors (Lipinski definition) is 7. The second-order valence-electron chi connectivity index (χ2n) is 7.98. The first-order chi connectivity index (χ1) is 15.5. The van der Waals surface area contributed by atoms with Crippen LogP contribution in [0.1, 0.15) is 32.8 Å². The standard InChI is InChI=1S/C22H34N4O6S/c1-4-12(2)17(20(29)24-16(11-33)22(31)32)25-21(30)18(13(3)27)26-19(28)15(23)10-14-8-6-5-7-9-14/h5-9,12-13,15-18,27,33H,4,10-11,23H2,1-3H3,(H,24,29)(H,25,30)(H,26,28)(H,31,32). The molecule has 0 fully saturated rings. The second-order valence-corrected chi connectivity index (χ2v) is 8.34. The fraction of sp³-hybridized carbons (Fsp3) is 0.545. The lowest BCUT2D eigenvalue weighted by molar-refractivity contribution is -0.142. The number of aliphatic hydroxyl groups excluding tert-OH is 1. The van der Waals surface area contributed by atoms with E-state index in [1.165, 1.54) is 6.92 Å². The van der Waals surface area contributed by atoms with Gasteiger partial charge in [0.2, 0.25) is 17.7 Å². The molecule has 33 heavy (non-hydrogen) atoms. The highest BCUT2D eigenvalue weighted by Gasteiger charge is 2.34. The SMILES string of the molecule is CCC(C)C(NC(=O)C(NC(=O)C(N)Cc1ccccc1)C(C)O)C(=O)NC(CS)C(=O)O. The summed E-state index contributed by atoms with van der Waals surface area (Å²) in [6.07, 6.45) is -0.536. The van der Waals surface area contributed by atoms with Gasteiger partial charge in [-0.1, -0.05) is 50.6 Å². The van der Waals surface area contributed by atoms with Crippen molar-refractivity contribution in [2.24, 2.45) is 11.7 Å². The van der Waals surface area contributed by atoms with Crippen molar-refractivity contribution in [1.82, 2.24) is 16.0 Å². The molecule has 0 bridgehead atoms. The van der Waals surface area contributed by atoms with E-state index in [1.807, 2.05) is 30.3 Å². The number of thiol groups is 1. The summed E-state index contributed by atoms with van der Waals surface area (Å²) in [6, 6.07) is 4.46. The maximum absolute atomic E-state index is 12.9. The molecule has 11 heteroatoms. The minimum atomic E-state index is -1.36. The van der Waals surface area contributed by atoms with Crippen LogP contribution in [0.4, 0.5) is 0 Å². The van der Waals surface area contributed by atoms with E-state index in [-0.39, 0.29) is 18.1 Å². The van der Waals surface area contributed by atoms with Crippen LogP contribution in [0.2, 0.25) is 0 Å². The number of nitrogens with two attached hydrogens (primary N) is 1. The molecule has 1 rings (SSSR count). The zero-order valence-electron chi connectivity index (χ0n) is 19.0. The van der Waals surface area contributed by atoms with E-state index in [9.17, 15) is 24.3 Å². The summed E-state index contributed by atoms with van der Waals surface area (Å²) < 4.78 is 0. The summed E-state index contributed by atoms with van der Waals surface area (Å²) in [7, 11) is 0. The van der Waals surface area contributed by atoms with Gasteiger partial charge in [0.1, 0.15) is 18.1 Å². The van der Waals surface area contributed by atoms with Gasteiger partial charge >= 0.3 is 5.97 Å². The zero-order valence-corrected chi connectivity index (χ0v) is 19.9. The first kappa shape index (κ1) is 28.4. The average molecular weight is 483 g/mol. The molecule has 6 unspecified atom stereocenters. The highest BCUT2D eigenvalue weighted by Crippen LogP contribution is 2.10. The minimum absolute atomic E-state index is 0.131. The van der Waals surface area contributed by atoms with Crippen molar-refractivity contribution in [2.75, 3.05) is 5.75 Å². The number of carbonyl (C=O) groups excluding carboxylic acids is 3. The van der Waals surface area contributed by atoms with Crippen molar-refractivity contribution in [2.45, 2.75) is 63.9 Å². The molecule has 6 atom stereocenters. The molecule has 7 N–H and O–H groups in total. The van der Waals surface area contributed by atoms with Gasteiger partial charge in [-0.2, -0.15) is 12.6 Å². The van der Waals surface area contributed by atoms with Gasteiger partial charge in [0, 0.05) is 5.75 Å². The maximum Gasteiger partial charge on any atom is 0.327 e. The first-order valence-electron chi connectivity index (χ1n) is 10.7. The summed E-state index contributed by atoms with van der Waals surface area (Å²) in [5, 5.41) is 26.6. The van der Waals surface area contributed by atoms with Crippen LogP contribution < -0.4 is 21.7 Å². The number of benzene rings is 1. The van der Waals surface area contributed by atoms with Gasteiger partial charge in [-0.3, -0.25) is 14.4 Å². The molecule has 10 nitrogen and oxygen atoms in total. The van der Waals surface area contributed by atoms with Gasteiger partial charge in [0.15, 0.2) is 0 Å². The molecule has 0 aliphatic heterocycles. The van der Waals surface area contributed by atoms with Crippen molar-refractivity contribution in [3.63, 3.8) is 0 Å². The topological polar surface area (TPSA) is 171 Å². The molecule has 0 saturated carbocycles. The Balaban J connectivity index is 2.91. The molecule has 0 aliphatic rings. The van der Waals surface area contributed by atoms with Gasteiger partial charge < -0.3 is 31.9 Å². The molecular weight excluding hydrogens is 448 g/mol. The first-order valence-corrected chi connectivity index (χ1v) is 11.4. The third-order valence-electron chi connectivity index (χ3n) is 5.29. The molecule has 0 radical (unpaired) electrons. The molecule has 0 heterocycles. The Bertz CT molecular complexity index is 807. The summed E-state index contributed by atoms with van der Waals surface area (Å²) in [5.41, 5.74) is 6.80. The lowest BCUT2D eigenvalue weighted by Gasteiger charge is -2.28. The summed E-state index contributed by atoms with van der Waals surface area (Å²) in [6.45, 7) is 4.85. The van der Waals surface area contributed by atoms with E-state index in [0.717, 1.165) is 5.56 Å². The molecule has 1 aromatic carbocycles. The highest BCUT2D eigenvalue weighted by molar-refractivity contribution is 7.80. The number of amides is 3. The fourth-order valence-electron chi connectivity index (χ4n) is 3.02. The van der Waals surface area contributed by atoms with Gasteiger partial charge in [-0.25, -0.2) is 4.79 Å². The molecule has 3 amide bonds. The lowest BCUT2D eigenvalue weighted by Crippen LogP contribution is -2.61. The van der Waals surface area contributed by atoms with Crippen molar-refractivity contribution in [3.8, 4) is 0 Å². The summed E-state index contributed by atoms with van der Waals surface area (Å²) >= 11 is 3.92. The van der Waals surface area contributed by atoms with Gasteiger partial charge in [-0.15, -0.1) is 0 Å². The fourth-order valence-corrected chi connectivity index (χ4v) is 3.27. The summed E-state index contributed by atoms with van der Waals surface area (Å²) in [4.78, 5) is 49.3. The number of hydrogen-bond donors (Lipinski definition) is 7. The van der Waals surface area contributed by atoms with Crippen molar-refractivity contribution in [3.05, 3.63) is 35.9 Å². The minimum Gasteiger partial charge on any atom is -0.480 e. The predicted molar refractivity (Wildman–Crippen MR) is 127 cm³/mol. The number of carboxylic acid groups (broad SMARTS) is 1. The van der Waals surface area contributed by atoms with E-state index < -0.39 is 54.0 Å². The van der Waals surface area contributed by atoms with Crippen molar-refractivity contribution in [1.29, 1.82) is 0 Å². The van der Waals surface area contributed by atoms with Crippen LogP contribution in [-0.2, 0) is 25.6 Å². The number of nitrogens with one attached hydrogen (secondary N) is 3. The Morgan fingerprint density at radius 1 is 0.970 bits per heavy atom. The van der Waals surface area contributed by atoms with Gasteiger partial charge in [0.25, 0.3) is 0 Å². The number of aliphatic hydroxyl groups is 1. The Labute approximate surface area is 199 Å². The molecular formula is C22H34N4O6S. The number of rotatable bonds is 13. The van der Waals surface area contributed by atoms with E-state index >= 15 is 0 Å². The van der Waals surface area contributed by atoms with Crippen molar-refractivity contribution >= 4 is 36.3 Å². The van der Waals surface area contributed by atoms with Crippen LogP contribution in [0.25, 0.3) is 0 Å². The quantitative estimate of drug-likeness (QED) is 0.185. The highest BCUT2D eigenvalue weighted by atomic mass is 32.1. The monoisotopic (exact) mass is 482 g/mol. The zero-order chi connectivity index (χ0) is 25.1. The van der Waals surface area contributed by atoms with E-state index in [1.54, 1.807) is 13.8 Å². The Morgan fingerprint density at radius 3 is 2.00 bits per heavy atom. The second kappa shape index (κ2) is 13.8. The number of aliphatic carboxylic acids is 1.